The van der Waals surface area contributed by atoms with Crippen LogP contribution in [0.3, 0.4) is 0 Å². The SMILES string of the molecule is O=C(NCCCN1CCC2(CC1)OCc1ccccc12)C(c1ccc(F)c(F)c1)N1CCCCC1=O. The number of benzene rings is 2. The fourth-order valence-electron chi connectivity index (χ4n) is 5.80. The van der Waals surface area contributed by atoms with Gasteiger partial charge in [-0.15, -0.1) is 0 Å². The van der Waals surface area contributed by atoms with E-state index in [0.717, 1.165) is 63.9 Å². The van der Waals surface area contributed by atoms with E-state index in [-0.39, 0.29) is 17.4 Å². The Morgan fingerprint density at radius 3 is 2.64 bits per heavy atom. The number of hydrogen-bond acceptors (Lipinski definition) is 4. The Bertz CT molecular complexity index is 1120. The van der Waals surface area contributed by atoms with Crippen LogP contribution in [0.4, 0.5) is 8.78 Å². The quantitative estimate of drug-likeness (QED) is 0.587. The van der Waals surface area contributed by atoms with E-state index < -0.39 is 17.7 Å². The summed E-state index contributed by atoms with van der Waals surface area (Å²) < 4.78 is 33.7. The Kier molecular flexibility index (Phi) is 7.34. The number of carbonyl (C=O) groups is 2. The molecule has 1 atom stereocenters. The van der Waals surface area contributed by atoms with E-state index in [1.807, 2.05) is 0 Å². The number of likely N-dealkylation sites (tertiary alicyclic amines) is 2. The van der Waals surface area contributed by atoms with Gasteiger partial charge >= 0.3 is 0 Å². The maximum Gasteiger partial charge on any atom is 0.247 e. The zero-order chi connectivity index (χ0) is 25.1. The third-order valence-electron chi connectivity index (χ3n) is 7.81. The van der Waals surface area contributed by atoms with Crippen molar-refractivity contribution in [1.82, 2.24) is 15.1 Å². The summed E-state index contributed by atoms with van der Waals surface area (Å²) in [5.41, 5.74) is 2.74. The summed E-state index contributed by atoms with van der Waals surface area (Å²) in [6.07, 6.45) is 4.57. The summed E-state index contributed by atoms with van der Waals surface area (Å²) in [4.78, 5) is 29.6. The van der Waals surface area contributed by atoms with Crippen LogP contribution in [0.1, 0.15) is 61.3 Å². The maximum atomic E-state index is 13.9. The maximum absolute atomic E-state index is 13.9. The number of rotatable bonds is 7. The van der Waals surface area contributed by atoms with Crippen molar-refractivity contribution in [1.29, 1.82) is 0 Å². The second-order valence-corrected chi connectivity index (χ2v) is 10.0. The first-order chi connectivity index (χ1) is 17.5. The molecule has 2 aromatic rings. The number of carbonyl (C=O) groups excluding carboxylic acids is 2. The standard InChI is InChI=1S/C28H33F2N3O3/c29-23-10-9-20(18-24(23)30)26(33-15-4-3-8-25(33)34)27(35)31-13-5-14-32-16-11-28(12-17-32)22-7-2-1-6-21(22)19-36-28/h1-2,6-7,9-10,18,26H,3-5,8,11-17,19H2,(H,31,35). The van der Waals surface area contributed by atoms with Gasteiger partial charge in [0.1, 0.15) is 6.04 Å². The first-order valence-corrected chi connectivity index (χ1v) is 12.9. The molecule has 1 N–H and O–H groups in total. The zero-order valence-corrected chi connectivity index (χ0v) is 20.5. The summed E-state index contributed by atoms with van der Waals surface area (Å²) >= 11 is 0. The van der Waals surface area contributed by atoms with Crippen LogP contribution < -0.4 is 5.32 Å². The molecule has 0 aromatic heterocycles. The summed E-state index contributed by atoms with van der Waals surface area (Å²) in [7, 11) is 0. The van der Waals surface area contributed by atoms with Crippen LogP contribution in [0.2, 0.25) is 0 Å². The minimum absolute atomic E-state index is 0.135. The minimum atomic E-state index is -1.02. The van der Waals surface area contributed by atoms with Crippen molar-refractivity contribution in [3.8, 4) is 0 Å². The zero-order valence-electron chi connectivity index (χ0n) is 20.5. The van der Waals surface area contributed by atoms with Crippen molar-refractivity contribution in [2.75, 3.05) is 32.7 Å². The lowest BCUT2D eigenvalue weighted by molar-refractivity contribution is -0.142. The lowest BCUT2D eigenvalue weighted by Gasteiger charge is -2.39. The van der Waals surface area contributed by atoms with Crippen LogP contribution in [0.15, 0.2) is 42.5 Å². The molecule has 3 aliphatic heterocycles. The second kappa shape index (κ2) is 10.6. The molecule has 0 radical (unpaired) electrons. The molecular formula is C28H33F2N3O3. The van der Waals surface area contributed by atoms with Crippen LogP contribution in [-0.4, -0.2) is 54.3 Å². The van der Waals surface area contributed by atoms with Crippen molar-refractivity contribution >= 4 is 11.8 Å². The molecule has 192 valence electrons. The minimum Gasteiger partial charge on any atom is -0.365 e. The molecule has 5 rings (SSSR count). The van der Waals surface area contributed by atoms with E-state index in [1.165, 1.54) is 22.1 Å². The number of piperidine rings is 2. The number of fused-ring (bicyclic) bond motifs is 2. The molecule has 0 bridgehead atoms. The van der Waals surface area contributed by atoms with E-state index in [0.29, 0.717) is 31.7 Å². The second-order valence-electron chi connectivity index (χ2n) is 10.0. The Morgan fingerprint density at radius 1 is 1.06 bits per heavy atom. The first-order valence-electron chi connectivity index (χ1n) is 12.9. The highest BCUT2D eigenvalue weighted by atomic mass is 19.2. The summed E-state index contributed by atoms with van der Waals surface area (Å²) in [5, 5.41) is 2.93. The number of halogens is 2. The Labute approximate surface area is 210 Å². The molecule has 3 aliphatic rings. The highest BCUT2D eigenvalue weighted by molar-refractivity contribution is 5.89. The number of hydrogen-bond donors (Lipinski definition) is 1. The number of nitrogens with one attached hydrogen (secondary N) is 1. The van der Waals surface area contributed by atoms with Gasteiger partial charge in [0.25, 0.3) is 0 Å². The van der Waals surface area contributed by atoms with Crippen molar-refractivity contribution in [2.24, 2.45) is 0 Å². The van der Waals surface area contributed by atoms with Gasteiger partial charge in [-0.25, -0.2) is 8.78 Å². The summed E-state index contributed by atoms with van der Waals surface area (Å²) in [6.45, 7) is 4.26. The molecular weight excluding hydrogens is 464 g/mol. The van der Waals surface area contributed by atoms with Gasteiger partial charge in [-0.2, -0.15) is 0 Å². The highest BCUT2D eigenvalue weighted by Crippen LogP contribution is 2.43. The van der Waals surface area contributed by atoms with E-state index in [1.54, 1.807) is 0 Å². The predicted molar refractivity (Wildman–Crippen MR) is 131 cm³/mol. The van der Waals surface area contributed by atoms with Crippen LogP contribution >= 0.6 is 0 Å². The van der Waals surface area contributed by atoms with E-state index in [9.17, 15) is 18.4 Å². The molecule has 0 aliphatic carbocycles. The molecule has 6 nitrogen and oxygen atoms in total. The fraction of sp³-hybridized carbons (Fsp3) is 0.500. The lowest BCUT2D eigenvalue weighted by Crippen LogP contribution is -2.46. The van der Waals surface area contributed by atoms with Crippen molar-refractivity contribution in [3.05, 3.63) is 70.8 Å². The van der Waals surface area contributed by atoms with Gasteiger partial charge in [-0.05, 0) is 67.5 Å². The van der Waals surface area contributed by atoms with Gasteiger partial charge < -0.3 is 19.9 Å². The number of ether oxygens (including phenoxy) is 1. The van der Waals surface area contributed by atoms with Crippen LogP contribution in [0.25, 0.3) is 0 Å². The van der Waals surface area contributed by atoms with Gasteiger partial charge in [0.2, 0.25) is 11.8 Å². The molecule has 2 amide bonds. The summed E-state index contributed by atoms with van der Waals surface area (Å²) in [5.74, 6) is -2.49. The Hall–Kier alpha value is -2.84. The largest absolute Gasteiger partial charge is 0.365 e. The molecule has 36 heavy (non-hydrogen) atoms. The fourth-order valence-corrected chi connectivity index (χ4v) is 5.80. The smallest absolute Gasteiger partial charge is 0.247 e. The normalized spacial score (nSPS) is 20.4. The topological polar surface area (TPSA) is 61.9 Å². The molecule has 8 heteroatoms. The third-order valence-corrected chi connectivity index (χ3v) is 7.81. The monoisotopic (exact) mass is 497 g/mol. The average molecular weight is 498 g/mol. The van der Waals surface area contributed by atoms with Gasteiger partial charge in [0, 0.05) is 32.6 Å². The lowest BCUT2D eigenvalue weighted by atomic mass is 9.84. The molecule has 1 unspecified atom stereocenters. The van der Waals surface area contributed by atoms with Crippen molar-refractivity contribution in [3.63, 3.8) is 0 Å². The van der Waals surface area contributed by atoms with Crippen LogP contribution in [0.5, 0.6) is 0 Å². The third kappa shape index (κ3) is 5.02. The van der Waals surface area contributed by atoms with E-state index in [4.69, 9.17) is 4.74 Å². The van der Waals surface area contributed by atoms with Gasteiger partial charge in [0.15, 0.2) is 11.6 Å². The first kappa shape index (κ1) is 24.8. The molecule has 0 saturated carbocycles. The van der Waals surface area contributed by atoms with Gasteiger partial charge in [-0.3, -0.25) is 9.59 Å². The number of amides is 2. The van der Waals surface area contributed by atoms with Crippen LogP contribution in [0, 0.1) is 11.6 Å². The van der Waals surface area contributed by atoms with E-state index >= 15 is 0 Å². The van der Waals surface area contributed by atoms with E-state index in [2.05, 4.69) is 34.5 Å². The number of nitrogens with zero attached hydrogens (tertiary/aromatic N) is 2. The molecule has 2 fully saturated rings. The molecule has 1 spiro atoms. The summed E-state index contributed by atoms with van der Waals surface area (Å²) in [6, 6.07) is 10.9. The van der Waals surface area contributed by atoms with Crippen LogP contribution in [-0.2, 0) is 26.5 Å². The Morgan fingerprint density at radius 2 is 1.86 bits per heavy atom. The van der Waals surface area contributed by atoms with Gasteiger partial charge in [0.05, 0.1) is 12.2 Å². The molecule has 2 saturated heterocycles. The predicted octanol–water partition coefficient (Wildman–Crippen LogP) is 4.05. The van der Waals surface area contributed by atoms with Gasteiger partial charge in [-0.1, -0.05) is 30.3 Å². The van der Waals surface area contributed by atoms with Crippen molar-refractivity contribution in [2.45, 2.75) is 56.8 Å². The molecule has 3 heterocycles. The van der Waals surface area contributed by atoms with Crippen molar-refractivity contribution < 1.29 is 23.1 Å². The molecule has 2 aromatic carbocycles. The average Bonchev–Trinajstić information content (AvgIpc) is 3.24. The Balaban J connectivity index is 1.14. The highest BCUT2D eigenvalue weighted by Gasteiger charge is 2.42.